The number of likely N-dealkylation sites (N-methyl/N-ethyl adjacent to an activating group) is 1. The van der Waals surface area contributed by atoms with Crippen molar-refractivity contribution in [1.82, 2.24) is 4.90 Å². The molecule has 0 saturated carbocycles. The molecule has 0 saturated heterocycles. The number of nitrogen functional groups attached to an aromatic ring is 1. The molecule has 1 unspecified atom stereocenters. The summed E-state index contributed by atoms with van der Waals surface area (Å²) in [5, 5.41) is 0. The van der Waals surface area contributed by atoms with E-state index in [1.165, 1.54) is 0 Å². The Balaban J connectivity index is 3.10. The Bertz CT molecular complexity index is 463. The first-order chi connectivity index (χ1) is 8.92. The molecule has 0 fully saturated rings. The zero-order valence-electron chi connectivity index (χ0n) is 11.9. The van der Waals surface area contributed by atoms with Crippen molar-refractivity contribution >= 4 is 27.5 Å². The molecule has 0 aromatic heterocycles. The summed E-state index contributed by atoms with van der Waals surface area (Å²) < 4.78 is 5.94. The number of hydrogen-bond acceptors (Lipinski definition) is 3. The Kier molecular flexibility index (Phi) is 5.82. The van der Waals surface area contributed by atoms with E-state index in [4.69, 9.17) is 10.5 Å². The SMILES string of the molecule is CCN(C(=O)c1cc(Br)cc(N)c1C)C(C)COC. The quantitative estimate of drug-likeness (QED) is 0.845. The Labute approximate surface area is 123 Å². The summed E-state index contributed by atoms with van der Waals surface area (Å²) in [5.74, 6) is -0.0162. The van der Waals surface area contributed by atoms with Gasteiger partial charge >= 0.3 is 0 Å². The van der Waals surface area contributed by atoms with Gasteiger partial charge in [-0.25, -0.2) is 0 Å². The van der Waals surface area contributed by atoms with Gasteiger partial charge in [0.05, 0.1) is 12.6 Å². The van der Waals surface area contributed by atoms with Gasteiger partial charge in [-0.1, -0.05) is 15.9 Å². The number of halogens is 1. The topological polar surface area (TPSA) is 55.6 Å². The first-order valence-electron chi connectivity index (χ1n) is 6.27. The van der Waals surface area contributed by atoms with Gasteiger partial charge in [0.15, 0.2) is 0 Å². The van der Waals surface area contributed by atoms with Crippen LogP contribution in [0.2, 0.25) is 0 Å². The van der Waals surface area contributed by atoms with Crippen LogP contribution in [0.5, 0.6) is 0 Å². The highest BCUT2D eigenvalue weighted by molar-refractivity contribution is 9.10. The van der Waals surface area contributed by atoms with Crippen molar-refractivity contribution in [2.45, 2.75) is 26.8 Å². The minimum absolute atomic E-state index is 0.0162. The van der Waals surface area contributed by atoms with Crippen LogP contribution in [-0.2, 0) is 4.74 Å². The summed E-state index contributed by atoms with van der Waals surface area (Å²) in [6.07, 6.45) is 0. The highest BCUT2D eigenvalue weighted by Crippen LogP contribution is 2.24. The van der Waals surface area contributed by atoms with Crippen molar-refractivity contribution in [2.24, 2.45) is 0 Å². The maximum atomic E-state index is 12.6. The van der Waals surface area contributed by atoms with Crippen LogP contribution in [0.1, 0.15) is 29.8 Å². The van der Waals surface area contributed by atoms with Crippen LogP contribution in [0, 0.1) is 6.92 Å². The standard InChI is InChI=1S/C14H21BrN2O2/c1-5-17(9(2)8-19-4)14(18)12-6-11(15)7-13(16)10(12)3/h6-7,9H,5,8,16H2,1-4H3. The Morgan fingerprint density at radius 1 is 1.53 bits per heavy atom. The number of nitrogens with zero attached hydrogens (tertiary/aromatic N) is 1. The van der Waals surface area contributed by atoms with E-state index in [0.29, 0.717) is 24.4 Å². The average Bonchev–Trinajstić information content (AvgIpc) is 2.34. The second kappa shape index (κ2) is 6.91. The zero-order valence-corrected chi connectivity index (χ0v) is 13.5. The van der Waals surface area contributed by atoms with Gasteiger partial charge in [-0.2, -0.15) is 0 Å². The fourth-order valence-electron chi connectivity index (χ4n) is 2.06. The molecule has 0 spiro atoms. The Morgan fingerprint density at radius 2 is 2.16 bits per heavy atom. The summed E-state index contributed by atoms with van der Waals surface area (Å²) in [7, 11) is 1.64. The Morgan fingerprint density at radius 3 is 2.68 bits per heavy atom. The number of nitrogens with two attached hydrogens (primary N) is 1. The third kappa shape index (κ3) is 3.70. The van der Waals surface area contributed by atoms with Crippen LogP contribution >= 0.6 is 15.9 Å². The van der Waals surface area contributed by atoms with Gasteiger partial charge in [-0.05, 0) is 38.5 Å². The highest BCUT2D eigenvalue weighted by Gasteiger charge is 2.22. The number of hydrogen-bond donors (Lipinski definition) is 1. The number of ether oxygens (including phenoxy) is 1. The number of amides is 1. The van der Waals surface area contributed by atoms with Crippen LogP contribution in [0.4, 0.5) is 5.69 Å². The number of benzene rings is 1. The van der Waals surface area contributed by atoms with E-state index < -0.39 is 0 Å². The maximum Gasteiger partial charge on any atom is 0.254 e. The van der Waals surface area contributed by atoms with E-state index in [1.807, 2.05) is 26.8 Å². The number of methoxy groups -OCH3 is 1. The lowest BCUT2D eigenvalue weighted by Gasteiger charge is -2.28. The highest BCUT2D eigenvalue weighted by atomic mass is 79.9. The van der Waals surface area contributed by atoms with Crippen LogP contribution in [0.3, 0.4) is 0 Å². The van der Waals surface area contributed by atoms with E-state index in [9.17, 15) is 4.79 Å². The van der Waals surface area contributed by atoms with Crippen molar-refractivity contribution in [3.05, 3.63) is 27.7 Å². The maximum absolute atomic E-state index is 12.6. The smallest absolute Gasteiger partial charge is 0.254 e. The molecule has 106 valence electrons. The second-order valence-electron chi connectivity index (χ2n) is 4.56. The molecule has 0 aliphatic carbocycles. The molecule has 1 atom stereocenters. The molecule has 2 N–H and O–H groups in total. The van der Waals surface area contributed by atoms with Crippen LogP contribution in [-0.4, -0.2) is 37.1 Å². The summed E-state index contributed by atoms with van der Waals surface area (Å²) in [6.45, 7) is 6.95. The lowest BCUT2D eigenvalue weighted by atomic mass is 10.0. The molecule has 4 nitrogen and oxygen atoms in total. The fourth-order valence-corrected chi connectivity index (χ4v) is 2.54. The minimum atomic E-state index is -0.0162. The van der Waals surface area contributed by atoms with Crippen molar-refractivity contribution in [3.8, 4) is 0 Å². The van der Waals surface area contributed by atoms with Gasteiger partial charge in [0.1, 0.15) is 0 Å². The van der Waals surface area contributed by atoms with Crippen molar-refractivity contribution < 1.29 is 9.53 Å². The Hall–Kier alpha value is -1.07. The van der Waals surface area contributed by atoms with Crippen molar-refractivity contribution in [1.29, 1.82) is 0 Å². The predicted molar refractivity (Wildman–Crippen MR) is 81.3 cm³/mol. The molecule has 0 bridgehead atoms. The van der Waals surface area contributed by atoms with Gasteiger partial charge in [-0.15, -0.1) is 0 Å². The van der Waals surface area contributed by atoms with E-state index in [0.717, 1.165) is 10.0 Å². The van der Waals surface area contributed by atoms with E-state index in [1.54, 1.807) is 18.1 Å². The van der Waals surface area contributed by atoms with E-state index >= 15 is 0 Å². The third-order valence-corrected chi connectivity index (χ3v) is 3.64. The van der Waals surface area contributed by atoms with Gasteiger partial charge in [0.2, 0.25) is 0 Å². The summed E-state index contributed by atoms with van der Waals surface area (Å²) >= 11 is 3.38. The van der Waals surface area contributed by atoms with Gasteiger partial charge in [-0.3, -0.25) is 4.79 Å². The van der Waals surface area contributed by atoms with Gasteiger partial charge in [0, 0.05) is 29.4 Å². The van der Waals surface area contributed by atoms with Gasteiger partial charge < -0.3 is 15.4 Å². The first-order valence-corrected chi connectivity index (χ1v) is 7.07. The molecule has 19 heavy (non-hydrogen) atoms. The minimum Gasteiger partial charge on any atom is -0.398 e. The van der Waals surface area contributed by atoms with Crippen LogP contribution in [0.25, 0.3) is 0 Å². The summed E-state index contributed by atoms with van der Waals surface area (Å²) in [6, 6.07) is 3.65. The number of carbonyl (C=O) groups excluding carboxylic acids is 1. The molecule has 1 aromatic carbocycles. The average molecular weight is 329 g/mol. The van der Waals surface area contributed by atoms with Gasteiger partial charge in [0.25, 0.3) is 5.91 Å². The van der Waals surface area contributed by atoms with Crippen molar-refractivity contribution in [2.75, 3.05) is 26.0 Å². The molecule has 0 radical (unpaired) electrons. The molecule has 1 amide bonds. The van der Waals surface area contributed by atoms with E-state index in [2.05, 4.69) is 15.9 Å². The predicted octanol–water partition coefficient (Wildman–Crippen LogP) is 2.84. The van der Waals surface area contributed by atoms with Crippen LogP contribution < -0.4 is 5.73 Å². The van der Waals surface area contributed by atoms with Crippen molar-refractivity contribution in [3.63, 3.8) is 0 Å². The molecule has 1 rings (SSSR count). The molecular weight excluding hydrogens is 308 g/mol. The lowest BCUT2D eigenvalue weighted by Crippen LogP contribution is -2.41. The summed E-state index contributed by atoms with van der Waals surface area (Å²) in [4.78, 5) is 14.4. The molecular formula is C14H21BrN2O2. The second-order valence-corrected chi connectivity index (χ2v) is 5.48. The monoisotopic (exact) mass is 328 g/mol. The number of carbonyl (C=O) groups is 1. The molecule has 1 aromatic rings. The third-order valence-electron chi connectivity index (χ3n) is 3.18. The number of anilines is 1. The summed E-state index contributed by atoms with van der Waals surface area (Å²) in [5.41, 5.74) is 7.98. The largest absolute Gasteiger partial charge is 0.398 e. The van der Waals surface area contributed by atoms with Crippen LogP contribution in [0.15, 0.2) is 16.6 Å². The zero-order chi connectivity index (χ0) is 14.6. The first kappa shape index (κ1) is 16.0. The molecule has 0 heterocycles. The normalized spacial score (nSPS) is 12.3. The molecule has 0 aliphatic rings. The number of rotatable bonds is 5. The molecule has 5 heteroatoms. The lowest BCUT2D eigenvalue weighted by molar-refractivity contribution is 0.0578. The molecule has 0 aliphatic heterocycles. The fraction of sp³-hybridized carbons (Fsp3) is 0.500. The van der Waals surface area contributed by atoms with E-state index in [-0.39, 0.29) is 11.9 Å².